The minimum atomic E-state index is -1.39. The zero-order valence-corrected chi connectivity index (χ0v) is 14.5. The van der Waals surface area contributed by atoms with Gasteiger partial charge in [-0.1, -0.05) is 0 Å². The van der Waals surface area contributed by atoms with Crippen molar-refractivity contribution >= 4 is 36.3 Å². The molecular formula is C13H24N4O6S. The molecule has 5 atom stereocenters. The lowest BCUT2D eigenvalue weighted by Crippen LogP contribution is -2.59. The average Bonchev–Trinajstić information content (AvgIpc) is 2.48. The highest BCUT2D eigenvalue weighted by atomic mass is 32.1. The van der Waals surface area contributed by atoms with E-state index in [2.05, 4.69) is 28.6 Å². The first kappa shape index (κ1) is 22.1. The highest BCUT2D eigenvalue weighted by molar-refractivity contribution is 7.80. The summed E-state index contributed by atoms with van der Waals surface area (Å²) in [4.78, 5) is 46.4. The van der Waals surface area contributed by atoms with Crippen LogP contribution < -0.4 is 21.7 Å². The monoisotopic (exact) mass is 364 g/mol. The molecule has 0 heterocycles. The second-order valence-electron chi connectivity index (χ2n) is 5.33. The van der Waals surface area contributed by atoms with Crippen LogP contribution in [0, 0.1) is 0 Å². The van der Waals surface area contributed by atoms with Crippen LogP contribution in [-0.4, -0.2) is 69.9 Å². The molecule has 0 aromatic rings. The summed E-state index contributed by atoms with van der Waals surface area (Å²) in [6, 6.07) is -4.48. The van der Waals surface area contributed by atoms with E-state index in [0.717, 1.165) is 0 Å². The van der Waals surface area contributed by atoms with Gasteiger partial charge in [0.25, 0.3) is 0 Å². The molecule has 0 fully saturated rings. The Labute approximate surface area is 144 Å². The van der Waals surface area contributed by atoms with Crippen LogP contribution in [0.2, 0.25) is 0 Å². The van der Waals surface area contributed by atoms with Gasteiger partial charge in [0.15, 0.2) is 0 Å². The Morgan fingerprint density at radius 3 is 1.92 bits per heavy atom. The lowest BCUT2D eigenvalue weighted by atomic mass is 10.1. The number of amides is 3. The van der Waals surface area contributed by atoms with E-state index in [1.54, 1.807) is 0 Å². The number of carbonyl (C=O) groups is 4. The van der Waals surface area contributed by atoms with Gasteiger partial charge in [0.1, 0.15) is 18.1 Å². The number of hydrogen-bond acceptors (Lipinski definition) is 7. The Morgan fingerprint density at radius 1 is 1.00 bits per heavy atom. The van der Waals surface area contributed by atoms with Crippen molar-refractivity contribution in [2.75, 3.05) is 5.75 Å². The SMILES string of the molecule is CC(N)C(=O)NC(C)C(=O)NC(C(=O)NC(CS)C(=O)O)C(C)O. The van der Waals surface area contributed by atoms with Gasteiger partial charge in [0.05, 0.1) is 12.1 Å². The number of thiol groups is 1. The third-order valence-corrected chi connectivity index (χ3v) is 3.39. The molecule has 24 heavy (non-hydrogen) atoms. The van der Waals surface area contributed by atoms with Crippen molar-refractivity contribution in [3.63, 3.8) is 0 Å². The molecule has 0 aliphatic heterocycles. The molecule has 138 valence electrons. The Hall–Kier alpha value is -1.85. The van der Waals surface area contributed by atoms with E-state index in [4.69, 9.17) is 10.8 Å². The largest absolute Gasteiger partial charge is 0.480 e. The first-order valence-corrected chi connectivity index (χ1v) is 7.82. The van der Waals surface area contributed by atoms with Crippen molar-refractivity contribution in [1.82, 2.24) is 16.0 Å². The highest BCUT2D eigenvalue weighted by Crippen LogP contribution is 1.98. The summed E-state index contributed by atoms with van der Waals surface area (Å²) in [6.07, 6.45) is -1.29. The van der Waals surface area contributed by atoms with Gasteiger partial charge in [0, 0.05) is 5.75 Å². The number of aliphatic hydroxyl groups is 1. The van der Waals surface area contributed by atoms with Crippen LogP contribution in [0.3, 0.4) is 0 Å². The Bertz CT molecular complexity index is 485. The van der Waals surface area contributed by atoms with E-state index in [1.165, 1.54) is 20.8 Å². The van der Waals surface area contributed by atoms with E-state index in [9.17, 15) is 24.3 Å². The number of aliphatic carboxylic acids is 1. The quantitative estimate of drug-likeness (QED) is 0.217. The van der Waals surface area contributed by atoms with Gasteiger partial charge in [0.2, 0.25) is 17.7 Å². The molecule has 0 aliphatic carbocycles. The van der Waals surface area contributed by atoms with Gasteiger partial charge < -0.3 is 31.9 Å². The first-order chi connectivity index (χ1) is 11.0. The molecule has 0 rings (SSSR count). The van der Waals surface area contributed by atoms with Gasteiger partial charge in [-0.3, -0.25) is 14.4 Å². The second kappa shape index (κ2) is 10.1. The number of hydrogen-bond donors (Lipinski definition) is 7. The van der Waals surface area contributed by atoms with Crippen molar-refractivity contribution in [3.05, 3.63) is 0 Å². The maximum Gasteiger partial charge on any atom is 0.327 e. The fourth-order valence-corrected chi connectivity index (χ4v) is 1.79. The summed E-state index contributed by atoms with van der Waals surface area (Å²) in [6.45, 7) is 4.07. The Kier molecular flexibility index (Phi) is 9.33. The normalized spacial score (nSPS) is 16.9. The van der Waals surface area contributed by atoms with Crippen molar-refractivity contribution in [2.24, 2.45) is 5.73 Å². The maximum absolute atomic E-state index is 12.1. The van der Waals surface area contributed by atoms with Crippen LogP contribution in [0.5, 0.6) is 0 Å². The van der Waals surface area contributed by atoms with Gasteiger partial charge in [-0.05, 0) is 20.8 Å². The molecule has 0 saturated heterocycles. The molecule has 0 aromatic carbocycles. The summed E-state index contributed by atoms with van der Waals surface area (Å²) in [5, 5.41) is 25.3. The lowest BCUT2D eigenvalue weighted by Gasteiger charge is -2.24. The molecule has 3 amide bonds. The zero-order valence-electron chi connectivity index (χ0n) is 13.6. The fraction of sp³-hybridized carbons (Fsp3) is 0.692. The summed E-state index contributed by atoms with van der Waals surface area (Å²) < 4.78 is 0. The number of carbonyl (C=O) groups excluding carboxylic acids is 3. The van der Waals surface area contributed by atoms with Gasteiger partial charge in [-0.25, -0.2) is 4.79 Å². The van der Waals surface area contributed by atoms with Crippen molar-refractivity contribution < 1.29 is 29.4 Å². The third kappa shape index (κ3) is 7.15. The molecule has 0 aromatic heterocycles. The molecule has 0 radical (unpaired) electrons. The molecule has 11 heteroatoms. The van der Waals surface area contributed by atoms with Crippen LogP contribution in [0.25, 0.3) is 0 Å². The van der Waals surface area contributed by atoms with Crippen molar-refractivity contribution in [1.29, 1.82) is 0 Å². The van der Waals surface area contributed by atoms with E-state index < -0.39 is 54.0 Å². The van der Waals surface area contributed by atoms with E-state index >= 15 is 0 Å². The standard InChI is InChI=1S/C13H24N4O6S/c1-5(14)10(19)15-6(2)11(20)17-9(7(3)18)12(21)16-8(4-24)13(22)23/h5-9,18,24H,4,14H2,1-3H3,(H,15,19)(H,16,21)(H,17,20)(H,22,23). The number of rotatable bonds is 9. The summed E-state index contributed by atoms with van der Waals surface area (Å²) in [5.74, 6) is -3.64. The molecule has 0 saturated carbocycles. The summed E-state index contributed by atoms with van der Waals surface area (Å²) in [5.41, 5.74) is 5.37. The molecule has 0 bridgehead atoms. The minimum absolute atomic E-state index is 0.164. The Balaban J connectivity index is 4.89. The van der Waals surface area contributed by atoms with Crippen LogP contribution in [-0.2, 0) is 19.2 Å². The number of carboxylic acids is 1. The molecule has 0 spiro atoms. The first-order valence-electron chi connectivity index (χ1n) is 7.19. The van der Waals surface area contributed by atoms with Crippen LogP contribution in [0.4, 0.5) is 0 Å². The predicted octanol–water partition coefficient (Wildman–Crippen LogP) is -2.80. The predicted molar refractivity (Wildman–Crippen MR) is 88.3 cm³/mol. The summed E-state index contributed by atoms with van der Waals surface area (Å²) >= 11 is 3.80. The minimum Gasteiger partial charge on any atom is -0.480 e. The molecule has 5 unspecified atom stereocenters. The van der Waals surface area contributed by atoms with Crippen molar-refractivity contribution in [2.45, 2.75) is 51.0 Å². The van der Waals surface area contributed by atoms with Crippen molar-refractivity contribution in [3.8, 4) is 0 Å². The molecule has 0 aliphatic rings. The number of nitrogens with two attached hydrogens (primary N) is 1. The average molecular weight is 364 g/mol. The van der Waals surface area contributed by atoms with Crippen LogP contribution in [0.1, 0.15) is 20.8 Å². The molecule has 7 N–H and O–H groups in total. The molecular weight excluding hydrogens is 340 g/mol. The van der Waals surface area contributed by atoms with Gasteiger partial charge >= 0.3 is 5.97 Å². The number of carboxylic acid groups (broad SMARTS) is 1. The highest BCUT2D eigenvalue weighted by Gasteiger charge is 2.30. The van der Waals surface area contributed by atoms with E-state index in [1.807, 2.05) is 0 Å². The number of aliphatic hydroxyl groups excluding tert-OH is 1. The zero-order chi connectivity index (χ0) is 19.0. The van der Waals surface area contributed by atoms with Gasteiger partial charge in [-0.2, -0.15) is 12.6 Å². The fourth-order valence-electron chi connectivity index (χ4n) is 1.54. The smallest absolute Gasteiger partial charge is 0.327 e. The third-order valence-electron chi connectivity index (χ3n) is 3.03. The lowest BCUT2D eigenvalue weighted by molar-refractivity contribution is -0.142. The number of nitrogens with one attached hydrogen (secondary N) is 3. The van der Waals surface area contributed by atoms with Crippen LogP contribution >= 0.6 is 12.6 Å². The summed E-state index contributed by atoms with van der Waals surface area (Å²) in [7, 11) is 0. The second-order valence-corrected chi connectivity index (χ2v) is 5.69. The van der Waals surface area contributed by atoms with Crippen LogP contribution in [0.15, 0.2) is 0 Å². The maximum atomic E-state index is 12.1. The topological polar surface area (TPSA) is 171 Å². The van der Waals surface area contributed by atoms with E-state index in [-0.39, 0.29) is 5.75 Å². The Morgan fingerprint density at radius 2 is 1.54 bits per heavy atom. The van der Waals surface area contributed by atoms with E-state index in [0.29, 0.717) is 0 Å². The molecule has 10 nitrogen and oxygen atoms in total. The van der Waals surface area contributed by atoms with Gasteiger partial charge in [-0.15, -0.1) is 0 Å².